The number of hydrogen-bond donors (Lipinski definition) is 1. The first kappa shape index (κ1) is 27.7. The molecule has 3 aliphatic heterocycles. The van der Waals surface area contributed by atoms with E-state index in [1.807, 2.05) is 28.1 Å². The lowest BCUT2D eigenvalue weighted by Crippen LogP contribution is -2.52. The zero-order valence-electron chi connectivity index (χ0n) is 20.9. The number of hydrogen-bond acceptors (Lipinski definition) is 5. The minimum Gasteiger partial charge on any atom is -0.475 e. The predicted molar refractivity (Wildman–Crippen MR) is 125 cm³/mol. The number of aromatic nitrogens is 1. The van der Waals surface area contributed by atoms with Crippen molar-refractivity contribution < 1.29 is 32.7 Å². The Labute approximate surface area is 208 Å². The molecule has 1 aromatic heterocycles. The van der Waals surface area contributed by atoms with Crippen LogP contribution >= 0.6 is 0 Å². The van der Waals surface area contributed by atoms with Crippen LogP contribution in [0.1, 0.15) is 31.9 Å². The minimum absolute atomic E-state index is 0.0277. The number of halogens is 3. The minimum atomic E-state index is -5.08. The van der Waals surface area contributed by atoms with Crippen LogP contribution in [0.3, 0.4) is 0 Å². The zero-order chi connectivity index (χ0) is 26.7. The number of piperidine rings is 1. The summed E-state index contributed by atoms with van der Waals surface area (Å²) in [6.45, 7) is 7.63. The molecule has 0 radical (unpaired) electrons. The summed E-state index contributed by atoms with van der Waals surface area (Å²) >= 11 is 0. The molecule has 2 spiro atoms. The van der Waals surface area contributed by atoms with Crippen LogP contribution in [0.2, 0.25) is 0 Å². The second kappa shape index (κ2) is 10.6. The Balaban J connectivity index is 0.000000454. The molecular formula is C24H34F3N5O4. The molecule has 3 aliphatic rings. The number of likely N-dealkylation sites (tertiary alicyclic amines) is 3. The number of nitrogens with zero attached hydrogens (tertiary/aromatic N) is 5. The predicted octanol–water partition coefficient (Wildman–Crippen LogP) is 2.53. The molecule has 36 heavy (non-hydrogen) atoms. The average Bonchev–Trinajstić information content (AvgIpc) is 3.33. The van der Waals surface area contributed by atoms with Gasteiger partial charge in [-0.25, -0.2) is 9.59 Å². The van der Waals surface area contributed by atoms with Crippen LogP contribution in [-0.2, 0) is 16.1 Å². The average molecular weight is 514 g/mol. The molecule has 3 fully saturated rings. The number of carboxylic acid groups (broad SMARTS) is 1. The molecule has 1 unspecified atom stereocenters. The number of aliphatic carboxylic acids is 1. The van der Waals surface area contributed by atoms with Gasteiger partial charge in [0.25, 0.3) is 0 Å². The molecule has 12 heteroatoms. The molecule has 4 heterocycles. The maximum absolute atomic E-state index is 13.5. The molecule has 200 valence electrons. The number of rotatable bonds is 3. The van der Waals surface area contributed by atoms with Gasteiger partial charge in [-0.05, 0) is 51.4 Å². The van der Waals surface area contributed by atoms with Crippen LogP contribution in [0.4, 0.5) is 18.0 Å². The van der Waals surface area contributed by atoms with E-state index in [0.717, 1.165) is 57.7 Å². The van der Waals surface area contributed by atoms with E-state index in [4.69, 9.17) is 9.90 Å². The fourth-order valence-electron chi connectivity index (χ4n) is 5.76. The monoisotopic (exact) mass is 513 g/mol. The van der Waals surface area contributed by atoms with E-state index in [1.54, 1.807) is 19.0 Å². The molecule has 3 amide bonds. The summed E-state index contributed by atoms with van der Waals surface area (Å²) in [6, 6.07) is 6.07. The van der Waals surface area contributed by atoms with E-state index in [1.165, 1.54) is 0 Å². The summed E-state index contributed by atoms with van der Waals surface area (Å²) in [5, 5.41) is 7.12. The van der Waals surface area contributed by atoms with E-state index in [-0.39, 0.29) is 17.4 Å². The lowest BCUT2D eigenvalue weighted by molar-refractivity contribution is -0.192. The SMILES string of the molecule is CCN1CCC2(CN(C(=O)N(C)C)CC23CCN(Cc2ccccn2)CC3)C1=O.O=C(O)C(F)(F)F. The topological polar surface area (TPSA) is 97.3 Å². The van der Waals surface area contributed by atoms with Crippen molar-refractivity contribution in [1.82, 2.24) is 24.6 Å². The summed E-state index contributed by atoms with van der Waals surface area (Å²) in [5.41, 5.74) is 0.564. The maximum atomic E-state index is 13.5. The number of pyridine rings is 1. The van der Waals surface area contributed by atoms with Gasteiger partial charge < -0.3 is 19.8 Å². The van der Waals surface area contributed by atoms with Gasteiger partial charge in [0.1, 0.15) is 0 Å². The van der Waals surface area contributed by atoms with E-state index in [2.05, 4.69) is 22.9 Å². The van der Waals surface area contributed by atoms with E-state index in [0.29, 0.717) is 13.1 Å². The van der Waals surface area contributed by atoms with Crippen molar-refractivity contribution in [3.8, 4) is 0 Å². The van der Waals surface area contributed by atoms with Crippen LogP contribution < -0.4 is 0 Å². The largest absolute Gasteiger partial charge is 0.490 e. The molecule has 0 aliphatic carbocycles. The van der Waals surface area contributed by atoms with Crippen molar-refractivity contribution in [3.05, 3.63) is 30.1 Å². The number of carboxylic acids is 1. The number of alkyl halides is 3. The highest BCUT2D eigenvalue weighted by atomic mass is 19.4. The van der Waals surface area contributed by atoms with Crippen molar-refractivity contribution in [3.63, 3.8) is 0 Å². The summed E-state index contributed by atoms with van der Waals surface area (Å²) in [6.07, 6.45) is -0.453. The van der Waals surface area contributed by atoms with Gasteiger partial charge in [-0.2, -0.15) is 13.2 Å². The van der Waals surface area contributed by atoms with Gasteiger partial charge in [0.05, 0.1) is 11.1 Å². The quantitative estimate of drug-likeness (QED) is 0.667. The Morgan fingerprint density at radius 2 is 1.75 bits per heavy atom. The Kier molecular flexibility index (Phi) is 8.17. The van der Waals surface area contributed by atoms with E-state index < -0.39 is 17.6 Å². The third-order valence-electron chi connectivity index (χ3n) is 7.68. The van der Waals surface area contributed by atoms with Gasteiger partial charge in [0.15, 0.2) is 0 Å². The molecule has 0 aromatic carbocycles. The van der Waals surface area contributed by atoms with Crippen molar-refractivity contribution >= 4 is 17.9 Å². The number of carbonyl (C=O) groups is 3. The van der Waals surface area contributed by atoms with Crippen molar-refractivity contribution in [2.24, 2.45) is 10.8 Å². The van der Waals surface area contributed by atoms with Gasteiger partial charge in [0, 0.05) is 58.4 Å². The maximum Gasteiger partial charge on any atom is 0.490 e. The molecule has 1 atom stereocenters. The highest BCUT2D eigenvalue weighted by Crippen LogP contribution is 2.58. The summed E-state index contributed by atoms with van der Waals surface area (Å²) in [5.74, 6) is -2.49. The number of amides is 3. The molecule has 4 rings (SSSR count). The van der Waals surface area contributed by atoms with Gasteiger partial charge in [-0.3, -0.25) is 14.7 Å². The number of carbonyl (C=O) groups excluding carboxylic acids is 2. The molecule has 1 aromatic rings. The van der Waals surface area contributed by atoms with Gasteiger partial charge in [-0.1, -0.05) is 6.07 Å². The van der Waals surface area contributed by atoms with Crippen molar-refractivity contribution in [2.75, 3.05) is 53.4 Å². The van der Waals surface area contributed by atoms with Gasteiger partial charge in [0.2, 0.25) is 5.91 Å². The Hall–Kier alpha value is -2.89. The van der Waals surface area contributed by atoms with Crippen LogP contribution in [0.5, 0.6) is 0 Å². The Morgan fingerprint density at radius 3 is 2.22 bits per heavy atom. The third kappa shape index (κ3) is 5.42. The van der Waals surface area contributed by atoms with Gasteiger partial charge in [-0.15, -0.1) is 0 Å². The van der Waals surface area contributed by atoms with Crippen LogP contribution in [0.25, 0.3) is 0 Å². The number of fused-ring (bicyclic) bond motifs is 1. The van der Waals surface area contributed by atoms with E-state index >= 15 is 0 Å². The molecule has 3 saturated heterocycles. The summed E-state index contributed by atoms with van der Waals surface area (Å²) < 4.78 is 31.7. The lowest BCUT2D eigenvalue weighted by atomic mass is 9.60. The summed E-state index contributed by atoms with van der Waals surface area (Å²) in [7, 11) is 3.59. The first-order valence-electron chi connectivity index (χ1n) is 12.0. The fraction of sp³-hybridized carbons (Fsp3) is 0.667. The van der Waals surface area contributed by atoms with Crippen molar-refractivity contribution in [1.29, 1.82) is 0 Å². The number of urea groups is 1. The molecule has 1 N–H and O–H groups in total. The second-order valence-electron chi connectivity index (χ2n) is 9.93. The lowest BCUT2D eigenvalue weighted by Gasteiger charge is -2.46. The summed E-state index contributed by atoms with van der Waals surface area (Å²) in [4.78, 5) is 47.6. The third-order valence-corrected chi connectivity index (χ3v) is 7.68. The first-order valence-corrected chi connectivity index (χ1v) is 12.0. The fourth-order valence-corrected chi connectivity index (χ4v) is 5.76. The molecular weight excluding hydrogens is 479 g/mol. The highest BCUT2D eigenvalue weighted by Gasteiger charge is 2.65. The van der Waals surface area contributed by atoms with Gasteiger partial charge >= 0.3 is 18.2 Å². The normalized spacial score (nSPS) is 23.7. The molecule has 0 bridgehead atoms. The first-order chi connectivity index (χ1) is 16.8. The Bertz CT molecular complexity index is 951. The zero-order valence-corrected chi connectivity index (χ0v) is 20.9. The Morgan fingerprint density at radius 1 is 1.11 bits per heavy atom. The van der Waals surface area contributed by atoms with Crippen LogP contribution in [0.15, 0.2) is 24.4 Å². The van der Waals surface area contributed by atoms with Crippen LogP contribution in [0, 0.1) is 10.8 Å². The smallest absolute Gasteiger partial charge is 0.475 e. The highest BCUT2D eigenvalue weighted by molar-refractivity contribution is 5.88. The van der Waals surface area contributed by atoms with Crippen molar-refractivity contribution in [2.45, 2.75) is 38.9 Å². The van der Waals surface area contributed by atoms with Crippen LogP contribution in [-0.4, -0.2) is 107 Å². The van der Waals surface area contributed by atoms with E-state index in [9.17, 15) is 22.8 Å². The standard InChI is InChI=1S/C22H33N5O2.C2HF3O2/c1-4-26-14-10-22(19(26)28)17-27(20(29)24(2)3)16-21(22)8-12-25(13-9-21)15-18-7-5-6-11-23-18;3-2(4,5)1(6)7/h5-7,11H,4,8-10,12-17H2,1-3H3;(H,6,7). The molecule has 0 saturated carbocycles. The second-order valence-corrected chi connectivity index (χ2v) is 9.93. The molecule has 9 nitrogen and oxygen atoms in total.